The normalized spacial score (nSPS) is 17.9. The third kappa shape index (κ3) is 11.1. The van der Waals surface area contributed by atoms with Gasteiger partial charge in [0.15, 0.2) is 5.78 Å². The van der Waals surface area contributed by atoms with Gasteiger partial charge in [-0.25, -0.2) is 17.9 Å². The molecule has 0 saturated heterocycles. The van der Waals surface area contributed by atoms with E-state index >= 15 is 0 Å². The number of esters is 1. The standard InChI is InChI=1S/C38H47N3O8S3/c1-27(43)35(29-11-4-3-5-12-29)36(39)30-16-18-33(19-17-30)52(46,47)41-37(45)48-21-23-51-50-22-9-15-34(44)49-38(20-7-6-13-32(38)25-40-2)31-14-8-10-28(24-31)26-42/h3-5,8,10-12,14,16-19,24,32,40,42H,6-7,9,13,15,20-23,25-26,39H2,1-2H3,(H,41,45)/b36-35+/t32-,38+/m1/s1. The van der Waals surface area contributed by atoms with Crippen LogP contribution in [0.15, 0.2) is 83.8 Å². The molecule has 280 valence electrons. The Morgan fingerprint density at radius 2 is 1.69 bits per heavy atom. The Hall–Kier alpha value is -3.82. The van der Waals surface area contributed by atoms with Crippen molar-refractivity contribution >= 4 is 60.7 Å². The summed E-state index contributed by atoms with van der Waals surface area (Å²) in [5.41, 5.74) is 8.90. The quantitative estimate of drug-likeness (QED) is 0.0390. The smallest absolute Gasteiger partial charge is 0.421 e. The number of ketones is 1. The zero-order valence-electron chi connectivity index (χ0n) is 29.5. The molecule has 0 spiro atoms. The van der Waals surface area contributed by atoms with Crippen LogP contribution in [0.25, 0.3) is 11.3 Å². The minimum Gasteiger partial charge on any atom is -0.454 e. The zero-order valence-corrected chi connectivity index (χ0v) is 31.9. The summed E-state index contributed by atoms with van der Waals surface area (Å²) in [4.78, 5) is 37.6. The van der Waals surface area contributed by atoms with Crippen molar-refractivity contribution in [3.8, 4) is 0 Å². The molecule has 4 rings (SSSR count). The van der Waals surface area contributed by atoms with Crippen LogP contribution in [-0.4, -0.2) is 63.1 Å². The summed E-state index contributed by atoms with van der Waals surface area (Å²) in [5, 5.41) is 13.0. The van der Waals surface area contributed by atoms with Crippen molar-refractivity contribution in [2.24, 2.45) is 11.7 Å². The second kappa shape index (κ2) is 19.9. The molecule has 0 radical (unpaired) electrons. The third-order valence-corrected chi connectivity index (χ3v) is 12.6. The van der Waals surface area contributed by atoms with Gasteiger partial charge >= 0.3 is 12.1 Å². The van der Waals surface area contributed by atoms with Crippen LogP contribution in [0, 0.1) is 5.92 Å². The van der Waals surface area contributed by atoms with Crippen LogP contribution in [0.2, 0.25) is 0 Å². The monoisotopic (exact) mass is 769 g/mol. The number of hydrogen-bond donors (Lipinski definition) is 4. The highest BCUT2D eigenvalue weighted by molar-refractivity contribution is 8.76. The summed E-state index contributed by atoms with van der Waals surface area (Å²) in [6.45, 7) is 2.03. The molecule has 1 fully saturated rings. The predicted molar refractivity (Wildman–Crippen MR) is 206 cm³/mol. The number of nitrogens with two attached hydrogens (primary N) is 1. The largest absolute Gasteiger partial charge is 0.454 e. The fourth-order valence-corrected chi connectivity index (χ4v) is 9.16. The molecule has 52 heavy (non-hydrogen) atoms. The number of amides is 1. The van der Waals surface area contributed by atoms with Crippen LogP contribution >= 0.6 is 21.6 Å². The van der Waals surface area contributed by atoms with Gasteiger partial charge in [-0.3, -0.25) is 9.59 Å². The van der Waals surface area contributed by atoms with E-state index in [1.165, 1.54) is 52.8 Å². The molecular weight excluding hydrogens is 723 g/mol. The van der Waals surface area contributed by atoms with Crippen molar-refractivity contribution in [3.05, 3.63) is 101 Å². The number of allylic oxidation sites excluding steroid dienone is 1. The number of hydrogen-bond acceptors (Lipinski definition) is 12. The summed E-state index contributed by atoms with van der Waals surface area (Å²) in [6, 6.07) is 22.2. The van der Waals surface area contributed by atoms with Crippen molar-refractivity contribution < 1.29 is 37.4 Å². The van der Waals surface area contributed by atoms with E-state index in [2.05, 4.69) is 5.32 Å². The Labute approximate surface area is 314 Å². The number of rotatable bonds is 18. The van der Waals surface area contributed by atoms with Gasteiger partial charge in [-0.05, 0) is 80.1 Å². The molecule has 3 aromatic rings. The van der Waals surface area contributed by atoms with Crippen molar-refractivity contribution in [3.63, 3.8) is 0 Å². The number of carbonyl (C=O) groups is 3. The van der Waals surface area contributed by atoms with Crippen molar-refractivity contribution in [1.82, 2.24) is 10.0 Å². The average molecular weight is 770 g/mol. The Kier molecular flexibility index (Phi) is 15.6. The first-order valence-electron chi connectivity index (χ1n) is 17.2. The fraction of sp³-hybridized carbons (Fsp3) is 0.395. The lowest BCUT2D eigenvalue weighted by Gasteiger charge is -2.44. The predicted octanol–water partition coefficient (Wildman–Crippen LogP) is 6.02. The minimum absolute atomic E-state index is 0.0170. The van der Waals surface area contributed by atoms with E-state index in [0.29, 0.717) is 34.6 Å². The minimum atomic E-state index is -4.22. The first-order chi connectivity index (χ1) is 25.0. The van der Waals surface area contributed by atoms with E-state index < -0.39 is 21.7 Å². The Morgan fingerprint density at radius 3 is 2.38 bits per heavy atom. The van der Waals surface area contributed by atoms with Gasteiger partial charge in [0.2, 0.25) is 0 Å². The van der Waals surface area contributed by atoms with Crippen LogP contribution in [0.4, 0.5) is 4.79 Å². The highest BCUT2D eigenvalue weighted by Crippen LogP contribution is 2.45. The summed E-state index contributed by atoms with van der Waals surface area (Å²) in [7, 11) is 0.656. The molecule has 1 aliphatic rings. The summed E-state index contributed by atoms with van der Waals surface area (Å²) < 4.78 is 38.9. The van der Waals surface area contributed by atoms with Crippen LogP contribution in [0.5, 0.6) is 0 Å². The maximum Gasteiger partial charge on any atom is 0.421 e. The van der Waals surface area contributed by atoms with Gasteiger partial charge in [-0.15, -0.1) is 0 Å². The molecule has 5 N–H and O–H groups in total. The molecular formula is C38H47N3O8S3. The van der Waals surface area contributed by atoms with Crippen LogP contribution in [-0.2, 0) is 41.3 Å². The lowest BCUT2D eigenvalue weighted by Crippen LogP contribution is -2.46. The lowest BCUT2D eigenvalue weighted by molar-refractivity contribution is -0.173. The second-order valence-electron chi connectivity index (χ2n) is 12.4. The molecule has 2 atom stereocenters. The maximum atomic E-state index is 13.1. The highest BCUT2D eigenvalue weighted by Gasteiger charge is 2.45. The Morgan fingerprint density at radius 1 is 0.962 bits per heavy atom. The number of ether oxygens (including phenoxy) is 2. The van der Waals surface area contributed by atoms with Crippen LogP contribution in [0.1, 0.15) is 67.7 Å². The zero-order chi connectivity index (χ0) is 37.6. The lowest BCUT2D eigenvalue weighted by atomic mass is 9.71. The molecule has 0 aromatic heterocycles. The van der Waals surface area contributed by atoms with E-state index in [-0.39, 0.29) is 47.9 Å². The number of sulfonamides is 1. The summed E-state index contributed by atoms with van der Waals surface area (Å²) in [5.74, 6) is 0.717. The first kappa shape index (κ1) is 40.9. The first-order valence-corrected chi connectivity index (χ1v) is 21.1. The molecule has 1 aliphatic carbocycles. The molecule has 0 bridgehead atoms. The number of Topliss-reactive ketones (excluding diaryl/α,β-unsaturated/α-hetero) is 1. The SMILES string of the molecule is CNC[C@H]1CCCC[C@]1(OC(=O)CCCSSCCOC(=O)NS(=O)(=O)c1ccc(/C(N)=C(/C(C)=O)c2ccccc2)cc1)c1cccc(CO)c1. The van der Waals surface area contributed by atoms with E-state index in [1.807, 2.05) is 42.1 Å². The maximum absolute atomic E-state index is 13.1. The molecule has 1 saturated carbocycles. The van der Waals surface area contributed by atoms with Crippen LogP contribution < -0.4 is 15.8 Å². The number of aliphatic hydroxyl groups excluding tert-OH is 1. The topological polar surface area (TPSA) is 174 Å². The van der Waals surface area contributed by atoms with E-state index in [9.17, 15) is 27.9 Å². The fourth-order valence-electron chi connectivity index (χ4n) is 6.36. The molecule has 11 nitrogen and oxygen atoms in total. The number of aliphatic hydroxyl groups is 1. The van der Waals surface area contributed by atoms with Gasteiger partial charge in [0.25, 0.3) is 10.0 Å². The van der Waals surface area contributed by atoms with E-state index in [4.69, 9.17) is 15.2 Å². The Balaban J connectivity index is 1.19. The van der Waals surface area contributed by atoms with Gasteiger partial charge in [0.05, 0.1) is 17.2 Å². The van der Waals surface area contributed by atoms with Gasteiger partial charge in [-0.1, -0.05) is 88.7 Å². The van der Waals surface area contributed by atoms with Crippen molar-refractivity contribution in [2.75, 3.05) is 31.7 Å². The molecule has 0 unspecified atom stereocenters. The number of carbonyl (C=O) groups excluding carboxylic acids is 3. The highest BCUT2D eigenvalue weighted by atomic mass is 33.1. The van der Waals surface area contributed by atoms with E-state index in [0.717, 1.165) is 43.4 Å². The molecule has 1 amide bonds. The molecule has 14 heteroatoms. The van der Waals surface area contributed by atoms with Gasteiger partial charge in [-0.2, -0.15) is 0 Å². The van der Waals surface area contributed by atoms with E-state index in [1.54, 1.807) is 24.3 Å². The van der Waals surface area contributed by atoms with Crippen LogP contribution in [0.3, 0.4) is 0 Å². The second-order valence-corrected chi connectivity index (χ2v) is 16.8. The summed E-state index contributed by atoms with van der Waals surface area (Å²) >= 11 is 0. The average Bonchev–Trinajstić information content (AvgIpc) is 3.14. The summed E-state index contributed by atoms with van der Waals surface area (Å²) in [6.07, 6.45) is 3.46. The van der Waals surface area contributed by atoms with Crippen molar-refractivity contribution in [1.29, 1.82) is 0 Å². The van der Waals surface area contributed by atoms with Gasteiger partial charge < -0.3 is 25.6 Å². The van der Waals surface area contributed by atoms with Gasteiger partial charge in [0, 0.05) is 36.0 Å². The number of benzene rings is 3. The van der Waals surface area contributed by atoms with Crippen molar-refractivity contribution in [2.45, 2.75) is 62.6 Å². The van der Waals surface area contributed by atoms with Gasteiger partial charge in [0.1, 0.15) is 12.2 Å². The number of nitrogens with one attached hydrogen (secondary N) is 2. The molecule has 3 aromatic carbocycles. The Bertz CT molecular complexity index is 1800. The molecule has 0 heterocycles. The molecule has 0 aliphatic heterocycles. The third-order valence-electron chi connectivity index (χ3n) is 8.82.